The van der Waals surface area contributed by atoms with Gasteiger partial charge in [0.05, 0.1) is 13.2 Å². The van der Waals surface area contributed by atoms with Crippen LogP contribution in [0.3, 0.4) is 0 Å². The number of fused-ring (bicyclic) bond motifs is 2. The maximum absolute atomic E-state index is 13.6. The van der Waals surface area contributed by atoms with Gasteiger partial charge < -0.3 is 28.4 Å². The lowest BCUT2D eigenvalue weighted by Gasteiger charge is -2.23. The molecular formula is C43H40F4N4O7. The van der Waals surface area contributed by atoms with Gasteiger partial charge in [-0.25, -0.2) is 9.97 Å². The molecule has 58 heavy (non-hydrogen) atoms. The highest BCUT2D eigenvalue weighted by atomic mass is 19.3. The number of Topliss-reactive ketones (excluding diaryl/α,β-unsaturated/α-hetero) is 1. The van der Waals surface area contributed by atoms with Gasteiger partial charge in [0.2, 0.25) is 11.8 Å². The number of ketones is 1. The number of oxazole rings is 2. The number of esters is 1. The summed E-state index contributed by atoms with van der Waals surface area (Å²) in [5, 5.41) is 3.17. The molecule has 15 heteroatoms. The van der Waals surface area contributed by atoms with Crippen molar-refractivity contribution in [1.29, 1.82) is 0 Å². The topological polar surface area (TPSA) is 129 Å². The number of nitrogens with one attached hydrogen (secondary N) is 1. The van der Waals surface area contributed by atoms with Crippen LogP contribution in [0.4, 0.5) is 17.6 Å². The monoisotopic (exact) mass is 800 g/mol. The van der Waals surface area contributed by atoms with E-state index < -0.39 is 19.3 Å². The number of alkyl halides is 4. The predicted octanol–water partition coefficient (Wildman–Crippen LogP) is 9.14. The van der Waals surface area contributed by atoms with Crippen LogP contribution in [-0.4, -0.2) is 65.6 Å². The second-order valence-corrected chi connectivity index (χ2v) is 14.6. The van der Waals surface area contributed by atoms with Crippen molar-refractivity contribution in [3.63, 3.8) is 0 Å². The van der Waals surface area contributed by atoms with Crippen molar-refractivity contribution in [2.24, 2.45) is 0 Å². The van der Waals surface area contributed by atoms with E-state index in [1.807, 2.05) is 55.1 Å². The third kappa shape index (κ3) is 7.75. The molecule has 1 saturated heterocycles. The first-order valence-corrected chi connectivity index (χ1v) is 19.0. The lowest BCUT2D eigenvalue weighted by atomic mass is 9.91. The Hall–Kier alpha value is -5.80. The number of benzene rings is 4. The molecule has 0 amide bonds. The van der Waals surface area contributed by atoms with Crippen molar-refractivity contribution in [3.05, 3.63) is 82.9 Å². The van der Waals surface area contributed by atoms with Crippen LogP contribution in [0.1, 0.15) is 54.4 Å². The number of nitrogens with zero attached hydrogens (tertiary/aromatic N) is 3. The quantitative estimate of drug-likeness (QED) is 0.0887. The fourth-order valence-electron chi connectivity index (χ4n) is 8.12. The first-order valence-electron chi connectivity index (χ1n) is 19.0. The normalized spacial score (nSPS) is 17.4. The van der Waals surface area contributed by atoms with Gasteiger partial charge >= 0.3 is 19.2 Å². The van der Waals surface area contributed by atoms with Crippen molar-refractivity contribution in [2.45, 2.75) is 84.3 Å². The standard InChI is InChI=1S/C43H40F4N4O7/c1-22-26(8-4-10-28(22)39-49-31-16-24(20-48-30-12-6-14-34(30)52)35(57-42(44)45)18-37(31)55-39)27-9-5-11-29(23(27)2)40-50-32-17-25(36(58-43(46)47)19-38(32)56-40)21-51-15-7-13-33(51)41(53)54-3/h4-5,8-11,16-19,30,33,42-43,48H,6-7,12-15,20-21H2,1-3H3/t30-,33+/m1/s1. The van der Waals surface area contributed by atoms with Gasteiger partial charge in [0, 0.05) is 53.9 Å². The summed E-state index contributed by atoms with van der Waals surface area (Å²) in [5.74, 6) is 0.154. The van der Waals surface area contributed by atoms with Gasteiger partial charge in [-0.3, -0.25) is 14.5 Å². The number of hydrogen-bond acceptors (Lipinski definition) is 11. The van der Waals surface area contributed by atoms with Crippen molar-refractivity contribution >= 4 is 34.0 Å². The Kier molecular flexibility index (Phi) is 10.9. The highest BCUT2D eigenvalue weighted by Gasteiger charge is 2.33. The van der Waals surface area contributed by atoms with Crippen LogP contribution in [0, 0.1) is 13.8 Å². The Balaban J connectivity index is 1.11. The minimum atomic E-state index is -3.08. The van der Waals surface area contributed by atoms with E-state index in [9.17, 15) is 27.2 Å². The molecule has 11 nitrogen and oxygen atoms in total. The van der Waals surface area contributed by atoms with Crippen molar-refractivity contribution in [1.82, 2.24) is 20.2 Å². The summed E-state index contributed by atoms with van der Waals surface area (Å²) < 4.78 is 81.1. The number of rotatable bonds is 13. The molecule has 0 spiro atoms. The molecule has 6 aromatic rings. The zero-order valence-electron chi connectivity index (χ0n) is 32.0. The molecule has 8 rings (SSSR count). The molecule has 2 aliphatic rings. The van der Waals surface area contributed by atoms with Crippen LogP contribution >= 0.6 is 0 Å². The summed E-state index contributed by atoms with van der Waals surface area (Å²) in [6, 6.07) is 16.7. The Bertz CT molecular complexity index is 2520. The molecule has 2 atom stereocenters. The van der Waals surface area contributed by atoms with Crippen LogP contribution in [0.5, 0.6) is 11.5 Å². The summed E-state index contributed by atoms with van der Waals surface area (Å²) in [6.07, 6.45) is 3.33. The average molecular weight is 801 g/mol. The zero-order valence-corrected chi connectivity index (χ0v) is 32.0. The molecule has 1 aliphatic heterocycles. The maximum atomic E-state index is 13.6. The molecule has 1 saturated carbocycles. The number of likely N-dealkylation sites (tertiary alicyclic amines) is 1. The van der Waals surface area contributed by atoms with Gasteiger partial charge in [0.1, 0.15) is 34.4 Å². The lowest BCUT2D eigenvalue weighted by molar-refractivity contribution is -0.146. The summed E-state index contributed by atoms with van der Waals surface area (Å²) >= 11 is 0. The third-order valence-corrected chi connectivity index (χ3v) is 11.0. The lowest BCUT2D eigenvalue weighted by Crippen LogP contribution is -2.36. The Morgan fingerprint density at radius 1 is 0.810 bits per heavy atom. The fourth-order valence-corrected chi connectivity index (χ4v) is 8.12. The van der Waals surface area contributed by atoms with E-state index in [1.165, 1.54) is 19.2 Å². The predicted molar refractivity (Wildman–Crippen MR) is 206 cm³/mol. The van der Waals surface area contributed by atoms with E-state index in [4.69, 9.17) is 33.0 Å². The number of hydrogen-bond donors (Lipinski definition) is 1. The molecule has 1 aliphatic carbocycles. The second kappa shape index (κ2) is 16.2. The number of methoxy groups -OCH3 is 1. The SMILES string of the molecule is COC(=O)[C@@H]1CCCN1Cc1cc2nc(-c3cccc(-c4cccc(-c5nc6cc(CN[C@@H]7CCCC7=O)c(OC(F)F)cc6o5)c4C)c3C)oc2cc1OC(F)F. The number of carbonyl (C=O) groups excluding carboxylic acids is 2. The summed E-state index contributed by atoms with van der Waals surface area (Å²) in [7, 11) is 1.32. The minimum absolute atomic E-state index is 0.0620. The molecular weight excluding hydrogens is 760 g/mol. The summed E-state index contributed by atoms with van der Waals surface area (Å²) in [6.45, 7) is -1.36. The van der Waals surface area contributed by atoms with E-state index in [0.29, 0.717) is 59.1 Å². The molecule has 4 aromatic carbocycles. The van der Waals surface area contributed by atoms with Crippen LogP contribution in [0.25, 0.3) is 56.2 Å². The van der Waals surface area contributed by atoms with Gasteiger partial charge in [-0.05, 0) is 92.6 Å². The number of carbonyl (C=O) groups is 2. The Labute approximate surface area is 330 Å². The number of halogens is 4. The summed E-state index contributed by atoms with van der Waals surface area (Å²) in [5.41, 5.74) is 7.02. The van der Waals surface area contributed by atoms with E-state index in [1.54, 1.807) is 12.1 Å². The highest BCUT2D eigenvalue weighted by molar-refractivity contribution is 5.87. The molecule has 302 valence electrons. The molecule has 2 fully saturated rings. The Morgan fingerprint density at radius 2 is 1.36 bits per heavy atom. The van der Waals surface area contributed by atoms with Crippen molar-refractivity contribution in [3.8, 4) is 45.5 Å². The molecule has 2 aromatic heterocycles. The maximum Gasteiger partial charge on any atom is 0.387 e. The zero-order chi connectivity index (χ0) is 40.7. The molecule has 0 bridgehead atoms. The third-order valence-electron chi connectivity index (χ3n) is 11.0. The summed E-state index contributed by atoms with van der Waals surface area (Å²) in [4.78, 5) is 36.0. The molecule has 1 N–H and O–H groups in total. The molecule has 0 unspecified atom stereocenters. The van der Waals surface area contributed by atoms with Gasteiger partial charge in [-0.1, -0.05) is 24.3 Å². The number of ether oxygens (including phenoxy) is 3. The van der Waals surface area contributed by atoms with Crippen LogP contribution in [0.2, 0.25) is 0 Å². The van der Waals surface area contributed by atoms with Gasteiger partial charge in [0.15, 0.2) is 11.2 Å². The van der Waals surface area contributed by atoms with Gasteiger partial charge in [0.25, 0.3) is 0 Å². The first kappa shape index (κ1) is 39.0. The second-order valence-electron chi connectivity index (χ2n) is 14.6. The highest BCUT2D eigenvalue weighted by Crippen LogP contribution is 2.40. The van der Waals surface area contributed by atoms with Gasteiger partial charge in [-0.15, -0.1) is 0 Å². The van der Waals surface area contributed by atoms with Crippen LogP contribution < -0.4 is 14.8 Å². The molecule has 3 heterocycles. The van der Waals surface area contributed by atoms with Crippen molar-refractivity contribution in [2.75, 3.05) is 13.7 Å². The van der Waals surface area contributed by atoms with E-state index in [-0.39, 0.29) is 65.3 Å². The van der Waals surface area contributed by atoms with E-state index in [2.05, 4.69) is 5.32 Å². The first-order chi connectivity index (χ1) is 28.0. The van der Waals surface area contributed by atoms with E-state index in [0.717, 1.165) is 35.1 Å². The van der Waals surface area contributed by atoms with Crippen molar-refractivity contribution < 1.29 is 50.2 Å². The number of aromatic nitrogens is 2. The van der Waals surface area contributed by atoms with Crippen LogP contribution in [-0.2, 0) is 27.4 Å². The fraction of sp³-hybridized carbons (Fsp3) is 0.349. The van der Waals surface area contributed by atoms with E-state index >= 15 is 0 Å². The molecule has 0 radical (unpaired) electrons. The smallest absolute Gasteiger partial charge is 0.387 e. The van der Waals surface area contributed by atoms with Crippen LogP contribution in [0.15, 0.2) is 69.5 Å². The minimum Gasteiger partial charge on any atom is -0.468 e. The largest absolute Gasteiger partial charge is 0.468 e. The Morgan fingerprint density at radius 3 is 1.90 bits per heavy atom. The van der Waals surface area contributed by atoms with Gasteiger partial charge in [-0.2, -0.15) is 17.6 Å². The average Bonchev–Trinajstić information content (AvgIpc) is 4.00.